The van der Waals surface area contributed by atoms with Gasteiger partial charge in [0.1, 0.15) is 0 Å². The molecule has 3 nitrogen and oxygen atoms in total. The van der Waals surface area contributed by atoms with Crippen LogP contribution < -0.4 is 5.32 Å². The lowest BCUT2D eigenvalue weighted by atomic mass is 9.89. The first-order valence-electron chi connectivity index (χ1n) is 6.44. The average molecular weight is 240 g/mol. The minimum atomic E-state index is 0.123. The van der Waals surface area contributed by atoms with Crippen LogP contribution in [-0.2, 0) is 0 Å². The Balaban J connectivity index is 2.00. The van der Waals surface area contributed by atoms with E-state index in [0.29, 0.717) is 0 Å². The van der Waals surface area contributed by atoms with Gasteiger partial charge in [0.25, 0.3) is 0 Å². The second kappa shape index (κ2) is 4.86. The summed E-state index contributed by atoms with van der Waals surface area (Å²) in [5, 5.41) is 5.35. The summed E-state index contributed by atoms with van der Waals surface area (Å²) in [5.74, 6) is 0.386. The van der Waals surface area contributed by atoms with E-state index >= 15 is 0 Å². The minimum Gasteiger partial charge on any atom is -0.316 e. The third kappa shape index (κ3) is 2.02. The second-order valence-corrected chi connectivity index (χ2v) is 4.81. The van der Waals surface area contributed by atoms with Crippen molar-refractivity contribution in [3.8, 4) is 0 Å². The molecule has 1 aliphatic heterocycles. The van der Waals surface area contributed by atoms with Gasteiger partial charge in [-0.15, -0.1) is 0 Å². The number of Topliss-reactive ketones (excluding diaryl/α,β-unsaturated/α-hetero) is 1. The van der Waals surface area contributed by atoms with Crippen LogP contribution in [0, 0.1) is 5.92 Å². The van der Waals surface area contributed by atoms with Crippen LogP contribution in [0.4, 0.5) is 0 Å². The molecule has 18 heavy (non-hydrogen) atoms. The topological polar surface area (TPSA) is 42.0 Å². The Hall–Kier alpha value is -1.74. The smallest absolute Gasteiger partial charge is 0.167 e. The summed E-state index contributed by atoms with van der Waals surface area (Å²) in [4.78, 5) is 16.7. The number of carbonyl (C=O) groups excluding carboxylic acids is 1. The average Bonchev–Trinajstić information content (AvgIpc) is 2.47. The van der Waals surface area contributed by atoms with Crippen LogP contribution >= 0.6 is 0 Å². The van der Waals surface area contributed by atoms with Crippen molar-refractivity contribution < 1.29 is 4.79 Å². The summed E-state index contributed by atoms with van der Waals surface area (Å²) in [6, 6.07) is 7.80. The third-order valence-electron chi connectivity index (χ3n) is 3.61. The molecular formula is C15H16N2O. The van der Waals surface area contributed by atoms with Crippen LogP contribution in [0.2, 0.25) is 0 Å². The summed E-state index contributed by atoms with van der Waals surface area (Å²) < 4.78 is 0. The SMILES string of the molecule is O=C(c1cccc2cnccc12)C1CCCNC1. The van der Waals surface area contributed by atoms with Gasteiger partial charge in [-0.2, -0.15) is 0 Å². The van der Waals surface area contributed by atoms with E-state index in [0.717, 1.165) is 42.3 Å². The summed E-state index contributed by atoms with van der Waals surface area (Å²) in [7, 11) is 0. The van der Waals surface area contributed by atoms with E-state index in [2.05, 4.69) is 10.3 Å². The first kappa shape index (κ1) is 11.4. The molecule has 1 aromatic heterocycles. The van der Waals surface area contributed by atoms with Crippen molar-refractivity contribution in [3.63, 3.8) is 0 Å². The van der Waals surface area contributed by atoms with E-state index in [1.54, 1.807) is 6.20 Å². The van der Waals surface area contributed by atoms with Crippen molar-refractivity contribution in [2.24, 2.45) is 5.92 Å². The third-order valence-corrected chi connectivity index (χ3v) is 3.61. The lowest BCUT2D eigenvalue weighted by Crippen LogP contribution is -2.34. The maximum atomic E-state index is 12.6. The number of carbonyl (C=O) groups is 1. The number of ketones is 1. The molecule has 1 aliphatic rings. The van der Waals surface area contributed by atoms with Crippen LogP contribution in [0.15, 0.2) is 36.7 Å². The Morgan fingerprint density at radius 1 is 1.33 bits per heavy atom. The number of nitrogens with one attached hydrogen (secondary N) is 1. The molecule has 1 saturated heterocycles. The molecule has 0 saturated carbocycles. The molecule has 0 aliphatic carbocycles. The van der Waals surface area contributed by atoms with Crippen molar-refractivity contribution in [1.82, 2.24) is 10.3 Å². The van der Waals surface area contributed by atoms with Crippen LogP contribution in [0.5, 0.6) is 0 Å². The normalized spacial score (nSPS) is 19.9. The standard InChI is InChI=1S/C15H16N2O/c18-15(12-4-2-7-16-10-12)14-5-1-3-11-9-17-8-6-13(11)14/h1,3,5-6,8-9,12,16H,2,4,7,10H2. The van der Waals surface area contributed by atoms with E-state index in [1.165, 1.54) is 0 Å². The number of piperidine rings is 1. The Bertz CT molecular complexity index is 568. The van der Waals surface area contributed by atoms with Crippen molar-refractivity contribution in [2.45, 2.75) is 12.8 Å². The number of benzene rings is 1. The maximum Gasteiger partial charge on any atom is 0.167 e. The zero-order chi connectivity index (χ0) is 12.4. The molecule has 2 aromatic rings. The number of rotatable bonds is 2. The first-order chi connectivity index (χ1) is 8.86. The maximum absolute atomic E-state index is 12.6. The largest absolute Gasteiger partial charge is 0.316 e. The molecule has 1 aromatic carbocycles. The molecule has 0 spiro atoms. The molecular weight excluding hydrogens is 224 g/mol. The molecule has 3 heteroatoms. The molecule has 3 rings (SSSR count). The van der Waals surface area contributed by atoms with Crippen molar-refractivity contribution in [3.05, 3.63) is 42.2 Å². The highest BCUT2D eigenvalue weighted by Gasteiger charge is 2.23. The van der Waals surface area contributed by atoms with Crippen LogP contribution in [0.1, 0.15) is 23.2 Å². The van der Waals surface area contributed by atoms with Gasteiger partial charge in [-0.1, -0.05) is 18.2 Å². The fraction of sp³-hybridized carbons (Fsp3) is 0.333. The van der Waals surface area contributed by atoms with E-state index < -0.39 is 0 Å². The number of hydrogen-bond donors (Lipinski definition) is 1. The van der Waals surface area contributed by atoms with Crippen LogP contribution in [0.25, 0.3) is 10.8 Å². The fourth-order valence-electron chi connectivity index (χ4n) is 2.63. The predicted octanol–water partition coefficient (Wildman–Crippen LogP) is 2.42. The Kier molecular flexibility index (Phi) is 3.07. The number of fused-ring (bicyclic) bond motifs is 1. The molecule has 0 radical (unpaired) electrons. The summed E-state index contributed by atoms with van der Waals surface area (Å²) in [6.07, 6.45) is 5.64. The van der Waals surface area contributed by atoms with Crippen LogP contribution in [-0.4, -0.2) is 23.9 Å². The number of aromatic nitrogens is 1. The second-order valence-electron chi connectivity index (χ2n) is 4.81. The van der Waals surface area contributed by atoms with Gasteiger partial charge in [-0.3, -0.25) is 9.78 Å². The summed E-state index contributed by atoms with van der Waals surface area (Å²) in [6.45, 7) is 1.84. The van der Waals surface area contributed by atoms with Crippen LogP contribution in [0.3, 0.4) is 0 Å². The number of nitrogens with zero attached hydrogens (tertiary/aromatic N) is 1. The quantitative estimate of drug-likeness (QED) is 0.820. The van der Waals surface area contributed by atoms with Gasteiger partial charge >= 0.3 is 0 Å². The lowest BCUT2D eigenvalue weighted by molar-refractivity contribution is 0.0901. The van der Waals surface area contributed by atoms with Gasteiger partial charge in [0.05, 0.1) is 0 Å². The number of hydrogen-bond acceptors (Lipinski definition) is 3. The highest BCUT2D eigenvalue weighted by Crippen LogP contribution is 2.23. The van der Waals surface area contributed by atoms with E-state index in [1.807, 2.05) is 30.5 Å². The Morgan fingerprint density at radius 2 is 2.28 bits per heavy atom. The van der Waals surface area contributed by atoms with Gasteiger partial charge in [0.2, 0.25) is 0 Å². The summed E-state index contributed by atoms with van der Waals surface area (Å²) >= 11 is 0. The molecule has 0 bridgehead atoms. The van der Waals surface area contributed by atoms with Crippen molar-refractivity contribution >= 4 is 16.6 Å². The summed E-state index contributed by atoms with van der Waals surface area (Å²) in [5.41, 5.74) is 0.837. The van der Waals surface area contributed by atoms with Gasteiger partial charge < -0.3 is 5.32 Å². The van der Waals surface area contributed by atoms with E-state index in [4.69, 9.17) is 0 Å². The van der Waals surface area contributed by atoms with Crippen molar-refractivity contribution in [2.75, 3.05) is 13.1 Å². The monoisotopic (exact) mass is 240 g/mol. The molecule has 2 heterocycles. The Labute approximate surface area is 106 Å². The van der Waals surface area contributed by atoms with Gasteiger partial charge in [-0.25, -0.2) is 0 Å². The molecule has 1 unspecified atom stereocenters. The minimum absolute atomic E-state index is 0.123. The van der Waals surface area contributed by atoms with Gasteiger partial charge in [0.15, 0.2) is 5.78 Å². The highest BCUT2D eigenvalue weighted by molar-refractivity contribution is 6.09. The van der Waals surface area contributed by atoms with Gasteiger partial charge in [0, 0.05) is 35.8 Å². The lowest BCUT2D eigenvalue weighted by Gasteiger charge is -2.22. The molecule has 1 N–H and O–H groups in total. The van der Waals surface area contributed by atoms with E-state index in [-0.39, 0.29) is 11.7 Å². The highest BCUT2D eigenvalue weighted by atomic mass is 16.1. The molecule has 0 amide bonds. The molecule has 92 valence electrons. The van der Waals surface area contributed by atoms with Gasteiger partial charge in [-0.05, 0) is 30.8 Å². The first-order valence-corrected chi connectivity index (χ1v) is 6.44. The van der Waals surface area contributed by atoms with E-state index in [9.17, 15) is 4.79 Å². The predicted molar refractivity (Wildman–Crippen MR) is 71.7 cm³/mol. The molecule has 1 fully saturated rings. The Morgan fingerprint density at radius 3 is 3.11 bits per heavy atom. The molecule has 1 atom stereocenters. The zero-order valence-electron chi connectivity index (χ0n) is 10.2. The number of pyridine rings is 1. The fourth-order valence-corrected chi connectivity index (χ4v) is 2.63. The zero-order valence-corrected chi connectivity index (χ0v) is 10.2. The van der Waals surface area contributed by atoms with Crippen molar-refractivity contribution in [1.29, 1.82) is 0 Å².